The highest BCUT2D eigenvalue weighted by molar-refractivity contribution is 6.10. The van der Waals surface area contributed by atoms with Gasteiger partial charge in [-0.2, -0.15) is 0 Å². The van der Waals surface area contributed by atoms with Gasteiger partial charge in [-0.15, -0.1) is 0 Å². The largest absolute Gasteiger partial charge is 0.478 e. The lowest BCUT2D eigenvalue weighted by Crippen LogP contribution is -2.05. The zero-order chi connectivity index (χ0) is 20.5. The van der Waals surface area contributed by atoms with E-state index in [0.717, 1.165) is 11.1 Å². The van der Waals surface area contributed by atoms with Gasteiger partial charge in [0, 0.05) is 22.9 Å². The molecule has 5 nitrogen and oxygen atoms in total. The molecule has 2 aromatic carbocycles. The first kappa shape index (κ1) is 18.4. The molecule has 4 rings (SSSR count). The summed E-state index contributed by atoms with van der Waals surface area (Å²) in [5.74, 6) is -1.21. The minimum absolute atomic E-state index is 0.0724. The van der Waals surface area contributed by atoms with Crippen LogP contribution in [0, 0.1) is 0 Å². The number of nitrogens with zero attached hydrogens (tertiary/aromatic N) is 1. The van der Waals surface area contributed by atoms with E-state index in [0.29, 0.717) is 22.3 Å². The van der Waals surface area contributed by atoms with Gasteiger partial charge in [-0.25, -0.2) is 4.79 Å². The number of carbonyl (C=O) groups excluding carboxylic acids is 2. The second-order valence-electron chi connectivity index (χ2n) is 6.75. The number of carboxylic acid groups (broad SMARTS) is 1. The molecule has 29 heavy (non-hydrogen) atoms. The molecule has 0 saturated heterocycles. The van der Waals surface area contributed by atoms with E-state index in [1.165, 1.54) is 19.1 Å². The standard InChI is InChI=1S/C24H17NO4/c1-15(26)19-11-12-25-21(13-19)20(16-7-9-18(10-8-16)24(28)29)14-22(25)23(27)17-5-3-2-4-6-17/h2-14H,1H3,(H,28,29). The predicted molar refractivity (Wildman–Crippen MR) is 110 cm³/mol. The highest BCUT2D eigenvalue weighted by Crippen LogP contribution is 2.30. The smallest absolute Gasteiger partial charge is 0.335 e. The van der Waals surface area contributed by atoms with Crippen molar-refractivity contribution in [3.8, 4) is 11.1 Å². The van der Waals surface area contributed by atoms with Crippen LogP contribution in [-0.2, 0) is 0 Å². The van der Waals surface area contributed by atoms with Gasteiger partial charge in [-0.3, -0.25) is 9.59 Å². The van der Waals surface area contributed by atoms with Crippen LogP contribution >= 0.6 is 0 Å². The molecular weight excluding hydrogens is 366 g/mol. The number of hydrogen-bond acceptors (Lipinski definition) is 3. The molecule has 4 aromatic rings. The topological polar surface area (TPSA) is 75.8 Å². The second kappa shape index (κ2) is 7.20. The van der Waals surface area contributed by atoms with Gasteiger partial charge in [0.15, 0.2) is 5.78 Å². The molecule has 2 aromatic heterocycles. The van der Waals surface area contributed by atoms with Crippen molar-refractivity contribution in [1.82, 2.24) is 4.40 Å². The molecule has 2 heterocycles. The van der Waals surface area contributed by atoms with Gasteiger partial charge < -0.3 is 9.51 Å². The van der Waals surface area contributed by atoms with E-state index >= 15 is 0 Å². The maximum Gasteiger partial charge on any atom is 0.335 e. The highest BCUT2D eigenvalue weighted by Gasteiger charge is 2.19. The lowest BCUT2D eigenvalue weighted by atomic mass is 10.0. The minimum Gasteiger partial charge on any atom is -0.478 e. The number of aromatic carboxylic acids is 1. The minimum atomic E-state index is -1.00. The first-order chi connectivity index (χ1) is 14.0. The zero-order valence-electron chi connectivity index (χ0n) is 15.6. The van der Waals surface area contributed by atoms with Crippen molar-refractivity contribution in [2.45, 2.75) is 6.92 Å². The lowest BCUT2D eigenvalue weighted by Gasteiger charge is -2.05. The number of pyridine rings is 1. The van der Waals surface area contributed by atoms with Crippen molar-refractivity contribution in [3.05, 3.63) is 101 Å². The molecule has 0 radical (unpaired) electrons. The summed E-state index contributed by atoms with van der Waals surface area (Å²) in [7, 11) is 0. The lowest BCUT2D eigenvalue weighted by molar-refractivity contribution is 0.0696. The summed E-state index contributed by atoms with van der Waals surface area (Å²) in [6.07, 6.45) is 1.72. The Kier molecular flexibility index (Phi) is 4.56. The van der Waals surface area contributed by atoms with Crippen LogP contribution in [0.1, 0.15) is 43.7 Å². The summed E-state index contributed by atoms with van der Waals surface area (Å²) in [5.41, 5.74) is 3.98. The summed E-state index contributed by atoms with van der Waals surface area (Å²) in [4.78, 5) is 36.1. The summed E-state index contributed by atoms with van der Waals surface area (Å²) in [6, 6.07) is 20.7. The SMILES string of the molecule is CC(=O)c1ccn2c(C(=O)c3ccccc3)cc(-c3ccc(C(=O)O)cc3)c2c1. The van der Waals surface area contributed by atoms with Crippen molar-refractivity contribution in [1.29, 1.82) is 0 Å². The molecule has 0 atom stereocenters. The number of benzene rings is 2. The number of fused-ring (bicyclic) bond motifs is 1. The number of Topliss-reactive ketones (excluding diaryl/α,β-unsaturated/α-hetero) is 1. The van der Waals surface area contributed by atoms with E-state index in [4.69, 9.17) is 5.11 Å². The van der Waals surface area contributed by atoms with E-state index in [1.54, 1.807) is 53.1 Å². The molecule has 0 aliphatic heterocycles. The Balaban J connectivity index is 1.93. The number of carboxylic acids is 1. The average molecular weight is 383 g/mol. The van der Waals surface area contributed by atoms with Crippen LogP contribution in [-0.4, -0.2) is 27.0 Å². The van der Waals surface area contributed by atoms with Crippen molar-refractivity contribution in [2.24, 2.45) is 0 Å². The molecule has 0 fully saturated rings. The van der Waals surface area contributed by atoms with Crippen LogP contribution in [0.4, 0.5) is 0 Å². The Morgan fingerprint density at radius 2 is 1.48 bits per heavy atom. The highest BCUT2D eigenvalue weighted by atomic mass is 16.4. The number of aromatic nitrogens is 1. The quantitative estimate of drug-likeness (QED) is 0.505. The van der Waals surface area contributed by atoms with E-state index in [2.05, 4.69) is 0 Å². The molecule has 0 bridgehead atoms. The van der Waals surface area contributed by atoms with Crippen molar-refractivity contribution in [3.63, 3.8) is 0 Å². The van der Waals surface area contributed by atoms with Gasteiger partial charge in [0.2, 0.25) is 5.78 Å². The van der Waals surface area contributed by atoms with Gasteiger partial charge in [-0.1, -0.05) is 42.5 Å². The van der Waals surface area contributed by atoms with Gasteiger partial charge in [-0.05, 0) is 42.8 Å². The van der Waals surface area contributed by atoms with E-state index in [-0.39, 0.29) is 17.1 Å². The molecule has 0 aliphatic rings. The Labute approximate surface area is 166 Å². The Bertz CT molecular complexity index is 1250. The maximum atomic E-state index is 13.1. The Hall–Kier alpha value is -3.99. The summed E-state index contributed by atoms with van der Waals surface area (Å²) in [6.45, 7) is 1.49. The first-order valence-electron chi connectivity index (χ1n) is 9.05. The molecule has 0 aliphatic carbocycles. The fourth-order valence-electron chi connectivity index (χ4n) is 3.35. The van der Waals surface area contributed by atoms with Gasteiger partial charge in [0.05, 0.1) is 16.8 Å². The van der Waals surface area contributed by atoms with E-state index in [1.807, 2.05) is 18.2 Å². The van der Waals surface area contributed by atoms with Crippen LogP contribution in [0.3, 0.4) is 0 Å². The average Bonchev–Trinajstić information content (AvgIpc) is 3.12. The fraction of sp³-hybridized carbons (Fsp3) is 0.0417. The van der Waals surface area contributed by atoms with Crippen molar-refractivity contribution < 1.29 is 19.5 Å². The molecule has 5 heteroatoms. The number of hydrogen-bond donors (Lipinski definition) is 1. The molecule has 142 valence electrons. The molecule has 0 saturated carbocycles. The van der Waals surface area contributed by atoms with E-state index < -0.39 is 5.97 Å². The number of rotatable bonds is 5. The zero-order valence-corrected chi connectivity index (χ0v) is 15.6. The van der Waals surface area contributed by atoms with E-state index in [9.17, 15) is 14.4 Å². The third-order valence-electron chi connectivity index (χ3n) is 4.89. The number of ketones is 2. The van der Waals surface area contributed by atoms with Crippen LogP contribution in [0.5, 0.6) is 0 Å². The first-order valence-corrected chi connectivity index (χ1v) is 9.05. The number of carbonyl (C=O) groups is 3. The molecule has 0 unspecified atom stereocenters. The van der Waals surface area contributed by atoms with Crippen LogP contribution in [0.2, 0.25) is 0 Å². The molecular formula is C24H17NO4. The van der Waals surface area contributed by atoms with Gasteiger partial charge in [0.1, 0.15) is 0 Å². The normalized spacial score (nSPS) is 10.8. The van der Waals surface area contributed by atoms with Gasteiger partial charge in [0.25, 0.3) is 0 Å². The third kappa shape index (κ3) is 3.34. The fourth-order valence-corrected chi connectivity index (χ4v) is 3.35. The van der Waals surface area contributed by atoms with Crippen molar-refractivity contribution in [2.75, 3.05) is 0 Å². The van der Waals surface area contributed by atoms with Crippen LogP contribution in [0.15, 0.2) is 79.0 Å². The molecule has 1 N–H and O–H groups in total. The summed E-state index contributed by atoms with van der Waals surface area (Å²) < 4.78 is 1.77. The predicted octanol–water partition coefficient (Wildman–Crippen LogP) is 4.74. The maximum absolute atomic E-state index is 13.1. The van der Waals surface area contributed by atoms with Crippen molar-refractivity contribution >= 4 is 23.1 Å². The second-order valence-corrected chi connectivity index (χ2v) is 6.75. The van der Waals surface area contributed by atoms with Gasteiger partial charge >= 0.3 is 5.97 Å². The molecule has 0 amide bonds. The Morgan fingerprint density at radius 3 is 2.10 bits per heavy atom. The summed E-state index contributed by atoms with van der Waals surface area (Å²) >= 11 is 0. The summed E-state index contributed by atoms with van der Waals surface area (Å²) in [5, 5.41) is 9.13. The monoisotopic (exact) mass is 383 g/mol. The third-order valence-corrected chi connectivity index (χ3v) is 4.89. The Morgan fingerprint density at radius 1 is 0.793 bits per heavy atom. The van der Waals surface area contributed by atoms with Crippen LogP contribution in [0.25, 0.3) is 16.6 Å². The molecule has 0 spiro atoms. The van der Waals surface area contributed by atoms with Crippen LogP contribution < -0.4 is 0 Å².